The molecule has 3 aromatic rings. The van der Waals surface area contributed by atoms with Gasteiger partial charge in [-0.05, 0) is 6.42 Å². The van der Waals surface area contributed by atoms with E-state index in [4.69, 9.17) is 4.74 Å². The maximum atomic E-state index is 12.2. The van der Waals surface area contributed by atoms with Gasteiger partial charge in [-0.2, -0.15) is 19.1 Å². The molecule has 1 aliphatic heterocycles. The predicted molar refractivity (Wildman–Crippen MR) is 87.3 cm³/mol. The van der Waals surface area contributed by atoms with E-state index in [-0.39, 0.29) is 5.88 Å². The van der Waals surface area contributed by atoms with E-state index < -0.39 is 12.0 Å². The number of fused-ring (bicyclic) bond motifs is 1. The summed E-state index contributed by atoms with van der Waals surface area (Å²) < 4.78 is 35.6. The molecule has 10 nitrogen and oxygen atoms in total. The van der Waals surface area contributed by atoms with Crippen LogP contribution in [0, 0.1) is 16.7 Å². The maximum Gasteiger partial charge on any atom is 0.388 e. The normalized spacial score (nSPS) is 19.5. The lowest BCUT2D eigenvalue weighted by atomic mass is 9.89. The zero-order valence-electron chi connectivity index (χ0n) is 13.9. The topological polar surface area (TPSA) is 127 Å². The number of anilines is 2. The predicted octanol–water partition coefficient (Wildman–Crippen LogP) is 1.82. The van der Waals surface area contributed by atoms with Gasteiger partial charge in [0.2, 0.25) is 5.88 Å². The van der Waals surface area contributed by atoms with Crippen LogP contribution in [0.3, 0.4) is 0 Å². The van der Waals surface area contributed by atoms with Gasteiger partial charge in [-0.15, -0.1) is 5.10 Å². The average molecular weight is 376 g/mol. The number of alkyl halides is 2. The van der Waals surface area contributed by atoms with Gasteiger partial charge in [-0.1, -0.05) is 0 Å². The first-order valence-corrected chi connectivity index (χ1v) is 8.02. The van der Waals surface area contributed by atoms with Crippen LogP contribution in [0.25, 0.3) is 11.2 Å². The van der Waals surface area contributed by atoms with Crippen LogP contribution in [-0.4, -0.2) is 49.8 Å². The molecular weight excluding hydrogens is 362 g/mol. The van der Waals surface area contributed by atoms with Crippen LogP contribution >= 0.6 is 0 Å². The van der Waals surface area contributed by atoms with Crippen LogP contribution in [0.2, 0.25) is 0 Å². The lowest BCUT2D eigenvalue weighted by Crippen LogP contribution is -2.26. The Hall–Kier alpha value is -3.33. The first kappa shape index (κ1) is 17.1. The van der Waals surface area contributed by atoms with Crippen LogP contribution < -0.4 is 10.1 Å². The molecule has 0 unspecified atom stereocenters. The summed E-state index contributed by atoms with van der Waals surface area (Å²) in [5, 5.41) is 22.8. The van der Waals surface area contributed by atoms with E-state index in [2.05, 4.69) is 41.4 Å². The molecule has 0 amide bonds. The van der Waals surface area contributed by atoms with Crippen molar-refractivity contribution in [1.82, 2.24) is 29.9 Å². The van der Waals surface area contributed by atoms with Crippen molar-refractivity contribution in [1.29, 1.82) is 5.26 Å². The third kappa shape index (κ3) is 3.49. The molecule has 27 heavy (non-hydrogen) atoms. The molecule has 12 heteroatoms. The number of nitrogens with one attached hydrogen (secondary N) is 2. The van der Waals surface area contributed by atoms with Gasteiger partial charge in [0.25, 0.3) is 0 Å². The minimum absolute atomic E-state index is 0.247. The van der Waals surface area contributed by atoms with Gasteiger partial charge in [0.15, 0.2) is 11.5 Å². The molecule has 2 N–H and O–H groups in total. The van der Waals surface area contributed by atoms with Crippen molar-refractivity contribution in [2.75, 3.05) is 18.5 Å². The highest BCUT2D eigenvalue weighted by molar-refractivity contribution is 5.72. The minimum atomic E-state index is -2.96. The Morgan fingerprint density at radius 2 is 2.37 bits per heavy atom. The van der Waals surface area contributed by atoms with E-state index in [1.165, 1.54) is 12.3 Å². The van der Waals surface area contributed by atoms with Crippen molar-refractivity contribution in [3.8, 4) is 11.9 Å². The van der Waals surface area contributed by atoms with Crippen LogP contribution in [0.5, 0.6) is 5.88 Å². The molecular formula is C15H14F2N8O2. The summed E-state index contributed by atoms with van der Waals surface area (Å²) in [4.78, 5) is 8.72. The molecule has 0 aromatic carbocycles. The molecule has 4 heterocycles. The zero-order valence-corrected chi connectivity index (χ0v) is 13.9. The van der Waals surface area contributed by atoms with E-state index in [1.807, 2.05) is 0 Å². The Morgan fingerprint density at radius 1 is 1.48 bits per heavy atom. The quantitative estimate of drug-likeness (QED) is 0.667. The summed E-state index contributed by atoms with van der Waals surface area (Å²) in [6, 6.07) is 3.59. The third-order valence-electron chi connectivity index (χ3n) is 4.17. The van der Waals surface area contributed by atoms with Crippen LogP contribution in [0.1, 0.15) is 6.42 Å². The molecule has 140 valence electrons. The first-order chi connectivity index (χ1) is 13.1. The molecule has 3 aromatic heterocycles. The number of hydrogen-bond donors (Lipinski definition) is 2. The molecule has 1 fully saturated rings. The Kier molecular flexibility index (Phi) is 4.28. The maximum absolute atomic E-state index is 12.2. The molecule has 0 bridgehead atoms. The van der Waals surface area contributed by atoms with Gasteiger partial charge in [0.05, 0.1) is 31.6 Å². The number of rotatable bonds is 6. The Bertz CT molecular complexity index is 989. The van der Waals surface area contributed by atoms with Gasteiger partial charge in [-0.25, -0.2) is 14.6 Å². The molecule has 1 aliphatic rings. The fraction of sp³-hybridized carbons (Fsp3) is 0.400. The standard InChI is InChI=1S/C15H14F2N8O2/c16-14(17)27-12-3-10(23-24-12)21-11-5-19-9-4-20-25(13(9)22-11)7-15(6-18)1-2-26-8-15/h3-5,14H,1-2,7-8H2,(H2,21,22,23,24)/t15-/m0/s1. The number of nitrogens with zero attached hydrogens (tertiary/aromatic N) is 6. The largest absolute Gasteiger partial charge is 0.415 e. The molecule has 1 saturated heterocycles. The monoisotopic (exact) mass is 376 g/mol. The van der Waals surface area contributed by atoms with Gasteiger partial charge in [-0.3, -0.25) is 5.10 Å². The first-order valence-electron chi connectivity index (χ1n) is 8.02. The molecule has 1 atom stereocenters. The number of aromatic amines is 1. The van der Waals surface area contributed by atoms with Crippen molar-refractivity contribution >= 4 is 22.8 Å². The third-order valence-corrected chi connectivity index (χ3v) is 4.17. The van der Waals surface area contributed by atoms with Crippen molar-refractivity contribution in [2.45, 2.75) is 19.6 Å². The van der Waals surface area contributed by atoms with Crippen molar-refractivity contribution in [3.63, 3.8) is 0 Å². The second-order valence-corrected chi connectivity index (χ2v) is 6.08. The van der Waals surface area contributed by atoms with Gasteiger partial charge < -0.3 is 14.8 Å². The van der Waals surface area contributed by atoms with E-state index >= 15 is 0 Å². The highest BCUT2D eigenvalue weighted by Gasteiger charge is 2.36. The highest BCUT2D eigenvalue weighted by atomic mass is 19.3. The van der Waals surface area contributed by atoms with E-state index in [0.717, 1.165) is 0 Å². The van der Waals surface area contributed by atoms with E-state index in [0.29, 0.717) is 49.0 Å². The average Bonchev–Trinajstić information content (AvgIpc) is 3.37. The summed E-state index contributed by atoms with van der Waals surface area (Å²) in [5.41, 5.74) is 0.415. The van der Waals surface area contributed by atoms with Crippen molar-refractivity contribution in [2.24, 2.45) is 5.41 Å². The van der Waals surface area contributed by atoms with E-state index in [9.17, 15) is 14.0 Å². The number of hydrogen-bond acceptors (Lipinski definition) is 8. The molecule has 0 aliphatic carbocycles. The smallest absolute Gasteiger partial charge is 0.388 e. The van der Waals surface area contributed by atoms with Gasteiger partial charge in [0.1, 0.15) is 16.7 Å². The summed E-state index contributed by atoms with van der Waals surface area (Å²) in [5.74, 6) is 0.414. The summed E-state index contributed by atoms with van der Waals surface area (Å²) in [6.07, 6.45) is 3.66. The molecule has 4 rings (SSSR count). The summed E-state index contributed by atoms with van der Waals surface area (Å²) in [7, 11) is 0. The number of H-pyrrole nitrogens is 1. The fourth-order valence-electron chi connectivity index (χ4n) is 2.82. The summed E-state index contributed by atoms with van der Waals surface area (Å²) in [6.45, 7) is -1.74. The molecule has 0 saturated carbocycles. The second-order valence-electron chi connectivity index (χ2n) is 6.08. The summed E-state index contributed by atoms with van der Waals surface area (Å²) >= 11 is 0. The van der Waals surface area contributed by atoms with Crippen LogP contribution in [-0.2, 0) is 11.3 Å². The zero-order chi connectivity index (χ0) is 18.9. The Morgan fingerprint density at radius 3 is 3.11 bits per heavy atom. The SMILES string of the molecule is N#C[C@]1(Cn2ncc3ncc(Nc4cc(OC(F)F)n[nH]4)nc32)CCOC1. The second kappa shape index (κ2) is 6.76. The molecule has 0 radical (unpaired) electrons. The van der Waals surface area contributed by atoms with Gasteiger partial charge in [0, 0.05) is 12.7 Å². The number of halogens is 2. The lowest BCUT2D eigenvalue weighted by molar-refractivity contribution is -0.0528. The van der Waals surface area contributed by atoms with Crippen molar-refractivity contribution < 1.29 is 18.3 Å². The van der Waals surface area contributed by atoms with Crippen molar-refractivity contribution in [3.05, 3.63) is 18.5 Å². The molecule has 0 spiro atoms. The van der Waals surface area contributed by atoms with Gasteiger partial charge >= 0.3 is 6.61 Å². The fourth-order valence-corrected chi connectivity index (χ4v) is 2.82. The number of ether oxygens (including phenoxy) is 2. The van der Waals surface area contributed by atoms with Crippen LogP contribution in [0.15, 0.2) is 18.5 Å². The Labute approximate surface area is 151 Å². The van der Waals surface area contributed by atoms with Crippen LogP contribution in [0.4, 0.5) is 20.4 Å². The number of aromatic nitrogens is 6. The van der Waals surface area contributed by atoms with E-state index in [1.54, 1.807) is 10.9 Å². The Balaban J connectivity index is 1.56. The minimum Gasteiger partial charge on any atom is -0.415 e. The number of nitriles is 1. The highest BCUT2D eigenvalue weighted by Crippen LogP contribution is 2.30. The lowest BCUT2D eigenvalue weighted by Gasteiger charge is -2.18.